The van der Waals surface area contributed by atoms with E-state index in [0.29, 0.717) is 6.61 Å². The fraction of sp³-hybridized carbons (Fsp3) is 0.250. The zero-order valence-electron chi connectivity index (χ0n) is 10.8. The molecule has 0 bridgehead atoms. The standard InChI is InChI=1S/C16H16FNO/c1-10-6-7-11(17)8-13(10)16(18)14-9-19-15-5-3-2-4-12(14)15/h2-8,14,16H,9,18H2,1H3. The maximum absolute atomic E-state index is 13.4. The number of hydrogen-bond donors (Lipinski definition) is 1. The second kappa shape index (κ2) is 4.67. The maximum Gasteiger partial charge on any atom is 0.123 e. The van der Waals surface area contributed by atoms with Crippen LogP contribution in [-0.4, -0.2) is 6.61 Å². The zero-order chi connectivity index (χ0) is 13.4. The van der Waals surface area contributed by atoms with Crippen LogP contribution in [0.2, 0.25) is 0 Å². The van der Waals surface area contributed by atoms with Crippen molar-refractivity contribution >= 4 is 0 Å². The first-order valence-corrected chi connectivity index (χ1v) is 6.40. The first-order valence-electron chi connectivity index (χ1n) is 6.40. The summed E-state index contributed by atoms with van der Waals surface area (Å²) in [5.74, 6) is 0.719. The molecular weight excluding hydrogens is 241 g/mol. The highest BCUT2D eigenvalue weighted by atomic mass is 19.1. The molecule has 0 aromatic heterocycles. The number of aryl methyl sites for hydroxylation is 1. The lowest BCUT2D eigenvalue weighted by atomic mass is 9.87. The Bertz CT molecular complexity index is 611. The fourth-order valence-electron chi connectivity index (χ4n) is 2.67. The van der Waals surface area contributed by atoms with E-state index in [1.165, 1.54) is 12.1 Å². The van der Waals surface area contributed by atoms with Crippen molar-refractivity contribution in [1.82, 2.24) is 0 Å². The molecule has 2 unspecified atom stereocenters. The Labute approximate surface area is 112 Å². The van der Waals surface area contributed by atoms with E-state index in [-0.39, 0.29) is 17.8 Å². The van der Waals surface area contributed by atoms with Gasteiger partial charge in [-0.3, -0.25) is 0 Å². The molecule has 0 radical (unpaired) electrons. The number of halogens is 1. The number of nitrogens with two attached hydrogens (primary N) is 1. The van der Waals surface area contributed by atoms with Crippen LogP contribution in [0.1, 0.15) is 28.7 Å². The minimum Gasteiger partial charge on any atom is -0.493 e. The van der Waals surface area contributed by atoms with Gasteiger partial charge in [-0.15, -0.1) is 0 Å². The highest BCUT2D eigenvalue weighted by Gasteiger charge is 2.30. The van der Waals surface area contributed by atoms with Crippen molar-refractivity contribution in [3.05, 3.63) is 65.0 Å². The van der Waals surface area contributed by atoms with E-state index >= 15 is 0 Å². The summed E-state index contributed by atoms with van der Waals surface area (Å²) in [7, 11) is 0. The Hall–Kier alpha value is -1.87. The molecule has 1 aliphatic rings. The van der Waals surface area contributed by atoms with Crippen molar-refractivity contribution < 1.29 is 9.13 Å². The number of rotatable bonds is 2. The molecule has 0 saturated carbocycles. The number of para-hydroxylation sites is 1. The molecule has 3 heteroatoms. The lowest BCUT2D eigenvalue weighted by Crippen LogP contribution is -2.22. The molecule has 0 spiro atoms. The Morgan fingerprint density at radius 1 is 1.26 bits per heavy atom. The topological polar surface area (TPSA) is 35.2 Å². The van der Waals surface area contributed by atoms with Crippen LogP contribution < -0.4 is 10.5 Å². The second-order valence-corrected chi connectivity index (χ2v) is 4.98. The number of ether oxygens (including phenoxy) is 1. The van der Waals surface area contributed by atoms with Crippen LogP contribution in [0.3, 0.4) is 0 Å². The fourth-order valence-corrected chi connectivity index (χ4v) is 2.67. The van der Waals surface area contributed by atoms with Gasteiger partial charge in [-0.2, -0.15) is 0 Å². The minimum absolute atomic E-state index is 0.0803. The molecule has 2 nitrogen and oxygen atoms in total. The third-order valence-electron chi connectivity index (χ3n) is 3.77. The van der Waals surface area contributed by atoms with E-state index in [9.17, 15) is 4.39 Å². The van der Waals surface area contributed by atoms with Gasteiger partial charge in [-0.05, 0) is 36.2 Å². The molecule has 3 rings (SSSR count). The van der Waals surface area contributed by atoms with Crippen LogP contribution in [0.25, 0.3) is 0 Å². The average Bonchev–Trinajstić information content (AvgIpc) is 2.84. The predicted molar refractivity (Wildman–Crippen MR) is 72.7 cm³/mol. The second-order valence-electron chi connectivity index (χ2n) is 4.98. The number of fused-ring (bicyclic) bond motifs is 1. The first kappa shape index (κ1) is 12.2. The molecule has 1 aliphatic heterocycles. The summed E-state index contributed by atoms with van der Waals surface area (Å²) in [6.07, 6.45) is 0. The van der Waals surface area contributed by atoms with Crippen molar-refractivity contribution in [3.8, 4) is 5.75 Å². The molecule has 2 N–H and O–H groups in total. The summed E-state index contributed by atoms with van der Waals surface area (Å²) in [6, 6.07) is 12.4. The summed E-state index contributed by atoms with van der Waals surface area (Å²) in [5.41, 5.74) is 9.31. The quantitative estimate of drug-likeness (QED) is 0.895. The van der Waals surface area contributed by atoms with Gasteiger partial charge in [0.25, 0.3) is 0 Å². The van der Waals surface area contributed by atoms with E-state index in [2.05, 4.69) is 0 Å². The van der Waals surface area contributed by atoms with Crippen molar-refractivity contribution in [2.45, 2.75) is 18.9 Å². The van der Waals surface area contributed by atoms with Gasteiger partial charge in [0, 0.05) is 17.5 Å². The predicted octanol–water partition coefficient (Wildman–Crippen LogP) is 3.31. The monoisotopic (exact) mass is 257 g/mol. The molecule has 0 fully saturated rings. The number of hydrogen-bond acceptors (Lipinski definition) is 2. The summed E-state index contributed by atoms with van der Waals surface area (Å²) >= 11 is 0. The highest BCUT2D eigenvalue weighted by Crippen LogP contribution is 2.40. The van der Waals surface area contributed by atoms with Gasteiger partial charge >= 0.3 is 0 Å². The van der Waals surface area contributed by atoms with Gasteiger partial charge < -0.3 is 10.5 Å². The van der Waals surface area contributed by atoms with Gasteiger partial charge in [-0.1, -0.05) is 24.3 Å². The molecule has 19 heavy (non-hydrogen) atoms. The Morgan fingerprint density at radius 3 is 2.89 bits per heavy atom. The molecule has 2 aromatic rings. The number of benzene rings is 2. The third kappa shape index (κ3) is 2.10. The first-order chi connectivity index (χ1) is 9.16. The van der Waals surface area contributed by atoms with Gasteiger partial charge in [0.1, 0.15) is 11.6 Å². The van der Waals surface area contributed by atoms with Gasteiger partial charge in [0.05, 0.1) is 6.61 Å². The van der Waals surface area contributed by atoms with Crippen molar-refractivity contribution in [2.24, 2.45) is 5.73 Å². The Balaban J connectivity index is 1.97. The highest BCUT2D eigenvalue weighted by molar-refractivity contribution is 5.43. The summed E-state index contributed by atoms with van der Waals surface area (Å²) < 4.78 is 19.1. The smallest absolute Gasteiger partial charge is 0.123 e. The zero-order valence-corrected chi connectivity index (χ0v) is 10.8. The molecule has 2 atom stereocenters. The molecule has 98 valence electrons. The van der Waals surface area contributed by atoms with Crippen LogP contribution in [0.4, 0.5) is 4.39 Å². The Morgan fingerprint density at radius 2 is 2.05 bits per heavy atom. The summed E-state index contributed by atoms with van der Waals surface area (Å²) in [5, 5.41) is 0. The van der Waals surface area contributed by atoms with Crippen LogP contribution in [0.5, 0.6) is 5.75 Å². The van der Waals surface area contributed by atoms with Crippen molar-refractivity contribution in [2.75, 3.05) is 6.61 Å². The normalized spacial score (nSPS) is 18.8. The van der Waals surface area contributed by atoms with Gasteiger partial charge in [-0.25, -0.2) is 4.39 Å². The van der Waals surface area contributed by atoms with Crippen LogP contribution in [-0.2, 0) is 0 Å². The molecule has 0 saturated heterocycles. The van der Waals surface area contributed by atoms with Gasteiger partial charge in [0.2, 0.25) is 0 Å². The third-order valence-corrected chi connectivity index (χ3v) is 3.77. The van der Waals surface area contributed by atoms with Crippen LogP contribution in [0.15, 0.2) is 42.5 Å². The summed E-state index contributed by atoms with van der Waals surface area (Å²) in [6.45, 7) is 2.51. The van der Waals surface area contributed by atoms with Crippen molar-refractivity contribution in [1.29, 1.82) is 0 Å². The van der Waals surface area contributed by atoms with Crippen LogP contribution in [0, 0.1) is 12.7 Å². The maximum atomic E-state index is 13.4. The van der Waals surface area contributed by atoms with Crippen molar-refractivity contribution in [3.63, 3.8) is 0 Å². The largest absolute Gasteiger partial charge is 0.493 e. The van der Waals surface area contributed by atoms with E-state index in [1.54, 1.807) is 6.07 Å². The van der Waals surface area contributed by atoms with Crippen LogP contribution >= 0.6 is 0 Å². The van der Waals surface area contributed by atoms with E-state index in [0.717, 1.165) is 22.4 Å². The molecule has 1 heterocycles. The van der Waals surface area contributed by atoms with E-state index in [4.69, 9.17) is 10.5 Å². The lowest BCUT2D eigenvalue weighted by Gasteiger charge is -2.20. The molecule has 0 aliphatic carbocycles. The van der Waals surface area contributed by atoms with E-state index < -0.39 is 0 Å². The molecular formula is C16H16FNO. The van der Waals surface area contributed by atoms with Gasteiger partial charge in [0.15, 0.2) is 0 Å². The molecule has 2 aromatic carbocycles. The summed E-state index contributed by atoms with van der Waals surface area (Å²) in [4.78, 5) is 0. The average molecular weight is 257 g/mol. The lowest BCUT2D eigenvalue weighted by molar-refractivity contribution is 0.315. The minimum atomic E-state index is -0.251. The van der Waals surface area contributed by atoms with E-state index in [1.807, 2.05) is 31.2 Å². The SMILES string of the molecule is Cc1ccc(F)cc1C(N)C1COc2ccccc21. The molecule has 0 amide bonds. The Kier molecular flexibility index (Phi) is 2.99.